The van der Waals surface area contributed by atoms with E-state index in [0.29, 0.717) is 0 Å². The first-order chi connectivity index (χ1) is 17.1. The number of imidazole rings is 1. The van der Waals surface area contributed by atoms with Crippen LogP contribution in [0.2, 0.25) is 0 Å². The number of aromatic amines is 1. The summed E-state index contributed by atoms with van der Waals surface area (Å²) in [6.45, 7) is 10.2. The number of aromatic nitrogens is 2. The van der Waals surface area contributed by atoms with E-state index in [0.717, 1.165) is 56.1 Å². The molecular weight excluding hydrogens is 448 g/mol. The largest absolute Gasteiger partial charge is 0.495 e. The molecule has 188 valence electrons. The average molecular weight is 485 g/mol. The monoisotopic (exact) mass is 484 g/mol. The van der Waals surface area contributed by atoms with Crippen LogP contribution in [0.25, 0.3) is 11.0 Å². The highest BCUT2D eigenvalue weighted by molar-refractivity contribution is 5.98. The van der Waals surface area contributed by atoms with Gasteiger partial charge in [-0.25, -0.2) is 4.98 Å². The SMILES string of the molecule is COc1ccc(C(c2nc3ccccc3[nH]2)N(C(=O)c2c(C)cc(C)cc2C)C(C)C)cc1N(C)C. The highest BCUT2D eigenvalue weighted by Gasteiger charge is 2.34. The number of nitrogens with zero attached hydrogens (tertiary/aromatic N) is 3. The van der Waals surface area contributed by atoms with Gasteiger partial charge in [0.05, 0.1) is 23.8 Å². The van der Waals surface area contributed by atoms with Gasteiger partial charge in [0.25, 0.3) is 5.91 Å². The second-order valence-corrected chi connectivity index (χ2v) is 9.95. The number of benzene rings is 3. The molecule has 0 aliphatic heterocycles. The quantitative estimate of drug-likeness (QED) is 0.339. The minimum atomic E-state index is -0.422. The van der Waals surface area contributed by atoms with E-state index >= 15 is 0 Å². The van der Waals surface area contributed by atoms with E-state index in [2.05, 4.69) is 44.0 Å². The first-order valence-electron chi connectivity index (χ1n) is 12.3. The third kappa shape index (κ3) is 4.68. The van der Waals surface area contributed by atoms with Crippen molar-refractivity contribution in [3.63, 3.8) is 0 Å². The van der Waals surface area contributed by atoms with Gasteiger partial charge in [-0.2, -0.15) is 0 Å². The molecule has 0 fully saturated rings. The molecule has 3 aromatic carbocycles. The number of carbonyl (C=O) groups excluding carboxylic acids is 1. The van der Waals surface area contributed by atoms with E-state index in [-0.39, 0.29) is 11.9 Å². The van der Waals surface area contributed by atoms with E-state index in [1.165, 1.54) is 0 Å². The number of para-hydroxylation sites is 2. The third-order valence-electron chi connectivity index (χ3n) is 6.63. The van der Waals surface area contributed by atoms with Crippen molar-refractivity contribution in [3.8, 4) is 5.75 Å². The third-order valence-corrected chi connectivity index (χ3v) is 6.63. The van der Waals surface area contributed by atoms with Crippen LogP contribution in [0, 0.1) is 20.8 Å². The molecule has 4 aromatic rings. The van der Waals surface area contributed by atoms with Crippen molar-refractivity contribution in [2.75, 3.05) is 26.1 Å². The molecule has 1 amide bonds. The Hall–Kier alpha value is -3.80. The van der Waals surface area contributed by atoms with Crippen LogP contribution in [0.4, 0.5) is 5.69 Å². The number of aryl methyl sites for hydroxylation is 3. The Morgan fingerprint density at radius 2 is 1.64 bits per heavy atom. The molecule has 6 nitrogen and oxygen atoms in total. The molecule has 1 heterocycles. The molecule has 0 aliphatic rings. The summed E-state index contributed by atoms with van der Waals surface area (Å²) in [5, 5.41) is 0. The van der Waals surface area contributed by atoms with Crippen molar-refractivity contribution < 1.29 is 9.53 Å². The lowest BCUT2D eigenvalue weighted by Crippen LogP contribution is -2.41. The van der Waals surface area contributed by atoms with Gasteiger partial charge in [0.15, 0.2) is 0 Å². The molecule has 6 heteroatoms. The number of methoxy groups -OCH3 is 1. The maximum absolute atomic E-state index is 14.3. The van der Waals surface area contributed by atoms with E-state index < -0.39 is 6.04 Å². The highest BCUT2D eigenvalue weighted by Crippen LogP contribution is 2.37. The van der Waals surface area contributed by atoms with Crippen LogP contribution in [0.1, 0.15) is 58.3 Å². The van der Waals surface area contributed by atoms with Crippen LogP contribution in [-0.4, -0.2) is 48.0 Å². The predicted octanol–water partition coefficient (Wildman–Crippen LogP) is 6.20. The predicted molar refractivity (Wildman–Crippen MR) is 147 cm³/mol. The summed E-state index contributed by atoms with van der Waals surface area (Å²) in [6, 6.07) is 17.7. The van der Waals surface area contributed by atoms with E-state index in [4.69, 9.17) is 9.72 Å². The van der Waals surface area contributed by atoms with Crippen LogP contribution in [0.5, 0.6) is 5.75 Å². The Morgan fingerprint density at radius 3 is 2.22 bits per heavy atom. The fraction of sp³-hybridized carbons (Fsp3) is 0.333. The van der Waals surface area contributed by atoms with E-state index in [1.54, 1.807) is 7.11 Å². The number of hydrogen-bond acceptors (Lipinski definition) is 4. The van der Waals surface area contributed by atoms with Gasteiger partial charge in [-0.1, -0.05) is 35.9 Å². The maximum Gasteiger partial charge on any atom is 0.255 e. The van der Waals surface area contributed by atoms with Crippen LogP contribution in [0.3, 0.4) is 0 Å². The average Bonchev–Trinajstić information content (AvgIpc) is 3.24. The van der Waals surface area contributed by atoms with Crippen molar-refractivity contribution in [3.05, 3.63) is 88.2 Å². The Bertz CT molecular complexity index is 1350. The van der Waals surface area contributed by atoms with E-state index in [1.807, 2.05) is 74.1 Å². The van der Waals surface area contributed by atoms with Gasteiger partial charge in [-0.05, 0) is 75.6 Å². The van der Waals surface area contributed by atoms with Gasteiger partial charge in [0.1, 0.15) is 17.6 Å². The zero-order valence-electron chi connectivity index (χ0n) is 22.5. The number of hydrogen-bond donors (Lipinski definition) is 1. The molecule has 1 N–H and O–H groups in total. The molecule has 0 saturated heterocycles. The van der Waals surface area contributed by atoms with Crippen LogP contribution < -0.4 is 9.64 Å². The number of fused-ring (bicyclic) bond motifs is 1. The lowest BCUT2D eigenvalue weighted by molar-refractivity contribution is 0.0635. The highest BCUT2D eigenvalue weighted by atomic mass is 16.5. The van der Waals surface area contributed by atoms with Gasteiger partial charge in [-0.3, -0.25) is 4.79 Å². The van der Waals surface area contributed by atoms with Crippen LogP contribution in [-0.2, 0) is 0 Å². The standard InChI is InChI=1S/C30H36N4O2/c1-18(2)34(30(35)27-20(4)15-19(3)16-21(27)5)28(29-31-23-11-9-10-12-24(23)32-29)22-13-14-26(36-8)25(17-22)33(6)7/h9-18,28H,1-8H3,(H,31,32). The second-order valence-electron chi connectivity index (χ2n) is 9.95. The first kappa shape index (κ1) is 25.3. The van der Waals surface area contributed by atoms with Crippen molar-refractivity contribution in [2.24, 2.45) is 0 Å². The zero-order chi connectivity index (χ0) is 26.1. The molecule has 1 aromatic heterocycles. The summed E-state index contributed by atoms with van der Waals surface area (Å²) in [5.74, 6) is 1.50. The molecule has 0 aliphatic carbocycles. The topological polar surface area (TPSA) is 61.5 Å². The van der Waals surface area contributed by atoms with Crippen molar-refractivity contribution in [1.29, 1.82) is 0 Å². The van der Waals surface area contributed by atoms with Gasteiger partial charge < -0.3 is 19.5 Å². The van der Waals surface area contributed by atoms with Crippen LogP contribution in [0.15, 0.2) is 54.6 Å². The molecule has 0 radical (unpaired) electrons. The number of amides is 1. The zero-order valence-corrected chi connectivity index (χ0v) is 22.5. The summed E-state index contributed by atoms with van der Waals surface area (Å²) in [5.41, 5.74) is 7.58. The number of carbonyl (C=O) groups is 1. The van der Waals surface area contributed by atoms with Crippen molar-refractivity contribution in [2.45, 2.75) is 46.7 Å². The Labute approximate surface area is 213 Å². The van der Waals surface area contributed by atoms with Crippen molar-refractivity contribution >= 4 is 22.6 Å². The van der Waals surface area contributed by atoms with Gasteiger partial charge >= 0.3 is 0 Å². The van der Waals surface area contributed by atoms with Crippen LogP contribution >= 0.6 is 0 Å². The summed E-state index contributed by atoms with van der Waals surface area (Å²) in [7, 11) is 5.65. The molecule has 0 spiro atoms. The number of ether oxygens (including phenoxy) is 1. The van der Waals surface area contributed by atoms with E-state index in [9.17, 15) is 4.79 Å². The van der Waals surface area contributed by atoms with Gasteiger partial charge in [-0.15, -0.1) is 0 Å². The normalized spacial score (nSPS) is 12.1. The molecule has 1 unspecified atom stereocenters. The Kier molecular flexibility index (Phi) is 7.07. The number of anilines is 1. The summed E-state index contributed by atoms with van der Waals surface area (Å²) >= 11 is 0. The number of H-pyrrole nitrogens is 1. The van der Waals surface area contributed by atoms with Gasteiger partial charge in [0.2, 0.25) is 0 Å². The number of nitrogens with one attached hydrogen (secondary N) is 1. The molecule has 0 saturated carbocycles. The second kappa shape index (κ2) is 10.1. The number of rotatable bonds is 7. The molecule has 4 rings (SSSR count). The lowest BCUT2D eigenvalue weighted by atomic mass is 9.95. The fourth-order valence-corrected chi connectivity index (χ4v) is 5.08. The lowest BCUT2D eigenvalue weighted by Gasteiger charge is -2.36. The minimum Gasteiger partial charge on any atom is -0.495 e. The maximum atomic E-state index is 14.3. The smallest absolute Gasteiger partial charge is 0.255 e. The minimum absolute atomic E-state index is 0.00678. The summed E-state index contributed by atoms with van der Waals surface area (Å²) < 4.78 is 5.62. The molecule has 36 heavy (non-hydrogen) atoms. The molecule has 1 atom stereocenters. The Morgan fingerprint density at radius 1 is 0.972 bits per heavy atom. The Balaban J connectivity index is 1.96. The van der Waals surface area contributed by atoms with Gasteiger partial charge in [0, 0.05) is 25.7 Å². The first-order valence-corrected chi connectivity index (χ1v) is 12.3. The summed E-state index contributed by atoms with van der Waals surface area (Å²) in [6.07, 6.45) is 0. The van der Waals surface area contributed by atoms with Crippen molar-refractivity contribution in [1.82, 2.24) is 14.9 Å². The molecule has 0 bridgehead atoms. The molecular formula is C30H36N4O2. The fourth-order valence-electron chi connectivity index (χ4n) is 5.08. The summed E-state index contributed by atoms with van der Waals surface area (Å²) in [4.78, 5) is 26.8.